The highest BCUT2D eigenvalue weighted by molar-refractivity contribution is 7.11. The molecule has 5 heteroatoms. The van der Waals surface area contributed by atoms with E-state index in [1.54, 1.807) is 25.6 Å². The number of nitrogens with zero attached hydrogens (tertiary/aromatic N) is 1. The van der Waals surface area contributed by atoms with Crippen molar-refractivity contribution < 1.29 is 9.47 Å². The maximum Gasteiger partial charge on any atom is 0.171 e. The summed E-state index contributed by atoms with van der Waals surface area (Å²) < 4.78 is 10.3. The first-order chi connectivity index (χ1) is 7.71. The third-order valence-corrected chi connectivity index (χ3v) is 3.54. The first kappa shape index (κ1) is 13.6. The number of aryl methyl sites for hydroxylation is 1. The number of rotatable bonds is 7. The van der Waals surface area contributed by atoms with E-state index in [-0.39, 0.29) is 12.3 Å². The summed E-state index contributed by atoms with van der Waals surface area (Å²) in [5.41, 5.74) is 0. The average molecular weight is 244 g/mol. The van der Waals surface area contributed by atoms with Crippen LogP contribution in [0.2, 0.25) is 0 Å². The predicted octanol–water partition coefficient (Wildman–Crippen LogP) is 1.80. The molecule has 1 aromatic heterocycles. The van der Waals surface area contributed by atoms with Crippen LogP contribution in [-0.2, 0) is 22.4 Å². The molecule has 0 fully saturated rings. The Kier molecular flexibility index (Phi) is 5.90. The molecule has 0 aliphatic heterocycles. The molecular weight excluding hydrogens is 224 g/mol. The Hall–Kier alpha value is -0.490. The van der Waals surface area contributed by atoms with Gasteiger partial charge in [-0.1, -0.05) is 6.92 Å². The standard InChI is InChI=1S/C11H20N2O2S/c1-5-9-6-13-10(16-9)7-12-8(2)11(14-3)15-4/h6,8,11-12H,5,7H2,1-4H3. The van der Waals surface area contributed by atoms with Gasteiger partial charge in [-0.05, 0) is 13.3 Å². The Labute approximate surface area is 101 Å². The van der Waals surface area contributed by atoms with Crippen molar-refractivity contribution in [1.82, 2.24) is 10.3 Å². The summed E-state index contributed by atoms with van der Waals surface area (Å²) in [6, 6.07) is 0.143. The summed E-state index contributed by atoms with van der Waals surface area (Å²) in [6.45, 7) is 4.93. The van der Waals surface area contributed by atoms with E-state index in [2.05, 4.69) is 17.2 Å². The van der Waals surface area contributed by atoms with Gasteiger partial charge in [-0.15, -0.1) is 11.3 Å². The lowest BCUT2D eigenvalue weighted by Crippen LogP contribution is -2.39. The second-order valence-electron chi connectivity index (χ2n) is 3.58. The molecule has 1 heterocycles. The van der Waals surface area contributed by atoms with Crippen molar-refractivity contribution >= 4 is 11.3 Å². The third-order valence-electron chi connectivity index (χ3n) is 2.40. The van der Waals surface area contributed by atoms with Crippen molar-refractivity contribution in [2.24, 2.45) is 0 Å². The molecule has 1 N–H and O–H groups in total. The third kappa shape index (κ3) is 3.83. The zero-order valence-electron chi connectivity index (χ0n) is 10.3. The quantitative estimate of drug-likeness (QED) is 0.743. The molecule has 0 spiro atoms. The molecule has 0 radical (unpaired) electrons. The van der Waals surface area contributed by atoms with Crippen LogP contribution in [0.4, 0.5) is 0 Å². The Bertz CT molecular complexity index is 300. The van der Waals surface area contributed by atoms with Gasteiger partial charge in [0.2, 0.25) is 0 Å². The molecule has 16 heavy (non-hydrogen) atoms. The van der Waals surface area contributed by atoms with Gasteiger partial charge in [0.25, 0.3) is 0 Å². The van der Waals surface area contributed by atoms with E-state index in [0.29, 0.717) is 0 Å². The minimum atomic E-state index is -0.217. The largest absolute Gasteiger partial charge is 0.354 e. The molecule has 1 rings (SSSR count). The fourth-order valence-electron chi connectivity index (χ4n) is 1.44. The fourth-order valence-corrected chi connectivity index (χ4v) is 2.26. The molecule has 0 saturated heterocycles. The molecule has 1 unspecified atom stereocenters. The predicted molar refractivity (Wildman–Crippen MR) is 65.6 cm³/mol. The molecule has 0 aliphatic carbocycles. The SMILES string of the molecule is CCc1cnc(CNC(C)C(OC)OC)s1. The van der Waals surface area contributed by atoms with Crippen molar-refractivity contribution in [2.45, 2.75) is 39.1 Å². The van der Waals surface area contributed by atoms with E-state index < -0.39 is 0 Å². The summed E-state index contributed by atoms with van der Waals surface area (Å²) in [5, 5.41) is 4.44. The monoisotopic (exact) mass is 244 g/mol. The van der Waals surface area contributed by atoms with Crippen molar-refractivity contribution in [3.05, 3.63) is 16.1 Å². The van der Waals surface area contributed by atoms with E-state index in [0.717, 1.165) is 18.0 Å². The molecule has 0 aromatic carbocycles. The molecular formula is C11H20N2O2S. The van der Waals surface area contributed by atoms with Gasteiger partial charge in [0.15, 0.2) is 6.29 Å². The molecule has 0 amide bonds. The number of ether oxygens (including phenoxy) is 2. The van der Waals surface area contributed by atoms with Gasteiger partial charge in [-0.25, -0.2) is 4.98 Å². The van der Waals surface area contributed by atoms with Crippen LogP contribution in [0.1, 0.15) is 23.7 Å². The summed E-state index contributed by atoms with van der Waals surface area (Å²) in [6.07, 6.45) is 2.77. The highest BCUT2D eigenvalue weighted by Crippen LogP contribution is 2.13. The van der Waals surface area contributed by atoms with Crippen LogP contribution in [0.5, 0.6) is 0 Å². The summed E-state index contributed by atoms with van der Waals surface area (Å²) in [7, 11) is 3.29. The number of thiazole rings is 1. The highest BCUT2D eigenvalue weighted by Gasteiger charge is 2.15. The summed E-state index contributed by atoms with van der Waals surface area (Å²) in [4.78, 5) is 5.66. The van der Waals surface area contributed by atoms with Crippen LogP contribution < -0.4 is 5.32 Å². The lowest BCUT2D eigenvalue weighted by Gasteiger charge is -2.21. The van der Waals surface area contributed by atoms with Gasteiger partial charge in [-0.2, -0.15) is 0 Å². The lowest BCUT2D eigenvalue weighted by atomic mass is 10.3. The number of hydrogen-bond acceptors (Lipinski definition) is 5. The van der Waals surface area contributed by atoms with E-state index in [1.165, 1.54) is 4.88 Å². The summed E-state index contributed by atoms with van der Waals surface area (Å²) in [5.74, 6) is 0. The maximum absolute atomic E-state index is 5.17. The second kappa shape index (κ2) is 6.96. The normalized spacial score (nSPS) is 13.3. The van der Waals surface area contributed by atoms with E-state index in [4.69, 9.17) is 9.47 Å². The molecule has 1 aromatic rings. The van der Waals surface area contributed by atoms with Crippen molar-refractivity contribution in [3.8, 4) is 0 Å². The number of aromatic nitrogens is 1. The van der Waals surface area contributed by atoms with Crippen LogP contribution in [0.3, 0.4) is 0 Å². The molecule has 1 atom stereocenters. The van der Waals surface area contributed by atoms with Gasteiger partial charge >= 0.3 is 0 Å². The fraction of sp³-hybridized carbons (Fsp3) is 0.727. The van der Waals surface area contributed by atoms with Crippen molar-refractivity contribution in [1.29, 1.82) is 0 Å². The van der Waals surface area contributed by atoms with E-state index in [9.17, 15) is 0 Å². The van der Waals surface area contributed by atoms with Crippen LogP contribution in [-0.4, -0.2) is 31.5 Å². The highest BCUT2D eigenvalue weighted by atomic mass is 32.1. The minimum absolute atomic E-state index is 0.143. The second-order valence-corrected chi connectivity index (χ2v) is 4.78. The van der Waals surface area contributed by atoms with Crippen LogP contribution in [0.25, 0.3) is 0 Å². The van der Waals surface area contributed by atoms with Crippen LogP contribution in [0.15, 0.2) is 6.20 Å². The molecule has 0 saturated carbocycles. The van der Waals surface area contributed by atoms with Crippen LogP contribution >= 0.6 is 11.3 Å². The van der Waals surface area contributed by atoms with Crippen molar-refractivity contribution in [3.63, 3.8) is 0 Å². The molecule has 4 nitrogen and oxygen atoms in total. The molecule has 92 valence electrons. The Morgan fingerprint density at radius 2 is 2.12 bits per heavy atom. The maximum atomic E-state index is 5.17. The van der Waals surface area contributed by atoms with E-state index in [1.807, 2.05) is 13.1 Å². The average Bonchev–Trinajstić information content (AvgIpc) is 2.76. The first-order valence-corrected chi connectivity index (χ1v) is 6.25. The Balaban J connectivity index is 2.38. The molecule has 0 bridgehead atoms. The topological polar surface area (TPSA) is 43.4 Å². The zero-order chi connectivity index (χ0) is 12.0. The van der Waals surface area contributed by atoms with Gasteiger partial charge in [0, 0.05) is 31.8 Å². The van der Waals surface area contributed by atoms with Gasteiger partial charge in [0.1, 0.15) is 5.01 Å². The number of methoxy groups -OCH3 is 2. The Morgan fingerprint density at radius 3 is 2.62 bits per heavy atom. The Morgan fingerprint density at radius 1 is 1.44 bits per heavy atom. The van der Waals surface area contributed by atoms with Crippen molar-refractivity contribution in [2.75, 3.05) is 14.2 Å². The smallest absolute Gasteiger partial charge is 0.171 e. The lowest BCUT2D eigenvalue weighted by molar-refractivity contribution is -0.119. The van der Waals surface area contributed by atoms with Gasteiger partial charge in [0.05, 0.1) is 6.04 Å². The zero-order valence-corrected chi connectivity index (χ0v) is 11.1. The van der Waals surface area contributed by atoms with Crippen LogP contribution in [0, 0.1) is 0 Å². The van der Waals surface area contributed by atoms with Gasteiger partial charge < -0.3 is 14.8 Å². The summed E-state index contributed by atoms with van der Waals surface area (Å²) >= 11 is 1.75. The number of nitrogens with one attached hydrogen (secondary N) is 1. The molecule has 0 aliphatic rings. The first-order valence-electron chi connectivity index (χ1n) is 5.43. The minimum Gasteiger partial charge on any atom is -0.354 e. The van der Waals surface area contributed by atoms with E-state index >= 15 is 0 Å². The van der Waals surface area contributed by atoms with Gasteiger partial charge in [-0.3, -0.25) is 0 Å². The number of hydrogen-bond donors (Lipinski definition) is 1.